The molecular weight excluding hydrogens is 339 g/mol. The van der Waals surface area contributed by atoms with Crippen molar-refractivity contribution in [1.82, 2.24) is 0 Å². The van der Waals surface area contributed by atoms with E-state index in [-0.39, 0.29) is 6.61 Å². The van der Waals surface area contributed by atoms with Crippen LogP contribution in [0.5, 0.6) is 0 Å². The molecule has 0 spiro atoms. The van der Waals surface area contributed by atoms with E-state index >= 15 is 0 Å². The first-order valence-corrected chi connectivity index (χ1v) is 7.65. The first-order chi connectivity index (χ1) is 10.9. The minimum absolute atomic E-state index is 0.0397. The van der Waals surface area contributed by atoms with Gasteiger partial charge in [-0.15, -0.1) is 0 Å². The molecule has 24 heavy (non-hydrogen) atoms. The van der Waals surface area contributed by atoms with Gasteiger partial charge in [0.25, 0.3) is 0 Å². The molecule has 0 saturated heterocycles. The molecule has 0 radical (unpaired) electrons. The lowest BCUT2D eigenvalue weighted by Crippen LogP contribution is -2.44. The molecule has 0 unspecified atom stereocenters. The van der Waals surface area contributed by atoms with Crippen LogP contribution in [-0.2, 0) is 19.1 Å². The normalized spacial score (nSPS) is 12.8. The summed E-state index contributed by atoms with van der Waals surface area (Å²) in [6.45, 7) is 1.98. The van der Waals surface area contributed by atoms with Crippen molar-refractivity contribution in [3.8, 4) is 0 Å². The van der Waals surface area contributed by atoms with Crippen LogP contribution in [0.25, 0.3) is 0 Å². The zero-order valence-electron chi connectivity index (χ0n) is 14.0. The molecule has 0 amide bonds. The van der Waals surface area contributed by atoms with Gasteiger partial charge >= 0.3 is 24.0 Å². The molecule has 142 valence electrons. The maximum Gasteiger partial charge on any atom is 0.456 e. The SMILES string of the molecule is CCCCCCCOC(=O)C(C)(C)C(=O)OCC(F)(F)C(F)(F)F. The van der Waals surface area contributed by atoms with Gasteiger partial charge in [0.2, 0.25) is 0 Å². The Morgan fingerprint density at radius 3 is 1.83 bits per heavy atom. The molecule has 0 aliphatic carbocycles. The summed E-state index contributed by atoms with van der Waals surface area (Å²) in [6, 6.07) is 0. The summed E-state index contributed by atoms with van der Waals surface area (Å²) in [6.07, 6.45) is -1.39. The van der Waals surface area contributed by atoms with Crippen LogP contribution < -0.4 is 0 Å². The number of rotatable bonds is 10. The van der Waals surface area contributed by atoms with Crippen molar-refractivity contribution >= 4 is 11.9 Å². The maximum atomic E-state index is 12.7. The van der Waals surface area contributed by atoms with Gasteiger partial charge in [0.1, 0.15) is 0 Å². The molecular formula is C15H23F5O4. The van der Waals surface area contributed by atoms with Crippen LogP contribution in [0.3, 0.4) is 0 Å². The summed E-state index contributed by atoms with van der Waals surface area (Å²) in [7, 11) is 0. The topological polar surface area (TPSA) is 52.6 Å². The van der Waals surface area contributed by atoms with E-state index in [1.54, 1.807) is 0 Å². The van der Waals surface area contributed by atoms with Crippen LogP contribution in [0.1, 0.15) is 52.9 Å². The predicted octanol–water partition coefficient (Wildman–Crippen LogP) is 4.27. The van der Waals surface area contributed by atoms with Gasteiger partial charge in [-0.25, -0.2) is 0 Å². The van der Waals surface area contributed by atoms with Gasteiger partial charge in [-0.2, -0.15) is 22.0 Å². The highest BCUT2D eigenvalue weighted by atomic mass is 19.4. The van der Waals surface area contributed by atoms with Crippen LogP contribution in [0.2, 0.25) is 0 Å². The van der Waals surface area contributed by atoms with Gasteiger partial charge in [0.15, 0.2) is 12.0 Å². The van der Waals surface area contributed by atoms with E-state index in [0.29, 0.717) is 6.42 Å². The molecule has 0 aliphatic rings. The van der Waals surface area contributed by atoms with E-state index in [9.17, 15) is 31.5 Å². The Morgan fingerprint density at radius 1 is 0.833 bits per heavy atom. The van der Waals surface area contributed by atoms with Crippen molar-refractivity contribution in [3.05, 3.63) is 0 Å². The summed E-state index contributed by atoms with van der Waals surface area (Å²) in [5, 5.41) is 0. The standard InChI is InChI=1S/C15H23F5O4/c1-4-5-6-7-8-9-23-11(21)13(2,3)12(22)24-10-14(16,17)15(18,19)20/h4-10H2,1-3H3. The third-order valence-corrected chi connectivity index (χ3v) is 3.30. The number of alkyl halides is 5. The second-order valence-corrected chi connectivity index (χ2v) is 5.95. The third-order valence-electron chi connectivity index (χ3n) is 3.30. The molecule has 0 aromatic heterocycles. The zero-order valence-corrected chi connectivity index (χ0v) is 14.0. The first kappa shape index (κ1) is 22.6. The van der Waals surface area contributed by atoms with E-state index < -0.39 is 36.1 Å². The molecule has 0 bridgehead atoms. The van der Waals surface area contributed by atoms with E-state index in [1.165, 1.54) is 0 Å². The van der Waals surface area contributed by atoms with E-state index in [0.717, 1.165) is 39.5 Å². The number of unbranched alkanes of at least 4 members (excludes halogenated alkanes) is 4. The lowest BCUT2D eigenvalue weighted by molar-refractivity contribution is -0.294. The summed E-state index contributed by atoms with van der Waals surface area (Å²) in [5.74, 6) is -7.71. The van der Waals surface area contributed by atoms with Crippen molar-refractivity contribution in [2.75, 3.05) is 13.2 Å². The second kappa shape index (κ2) is 9.17. The number of halogens is 5. The largest absolute Gasteiger partial charge is 0.465 e. The van der Waals surface area contributed by atoms with Crippen LogP contribution >= 0.6 is 0 Å². The van der Waals surface area contributed by atoms with E-state index in [1.807, 2.05) is 6.92 Å². The highest BCUT2D eigenvalue weighted by molar-refractivity contribution is 5.99. The minimum Gasteiger partial charge on any atom is -0.465 e. The fourth-order valence-corrected chi connectivity index (χ4v) is 1.55. The van der Waals surface area contributed by atoms with Gasteiger partial charge in [-0.3, -0.25) is 9.59 Å². The summed E-state index contributed by atoms with van der Waals surface area (Å²) < 4.78 is 70.3. The van der Waals surface area contributed by atoms with Crippen LogP contribution in [-0.4, -0.2) is 37.3 Å². The van der Waals surface area contributed by atoms with Crippen molar-refractivity contribution in [3.63, 3.8) is 0 Å². The van der Waals surface area contributed by atoms with E-state index in [2.05, 4.69) is 4.74 Å². The molecule has 0 aromatic carbocycles. The first-order valence-electron chi connectivity index (χ1n) is 7.65. The Bertz CT molecular complexity index is 419. The fourth-order valence-electron chi connectivity index (χ4n) is 1.55. The summed E-state index contributed by atoms with van der Waals surface area (Å²) >= 11 is 0. The fraction of sp³-hybridized carbons (Fsp3) is 0.867. The van der Waals surface area contributed by atoms with Crippen molar-refractivity contribution in [2.24, 2.45) is 5.41 Å². The number of hydrogen-bond donors (Lipinski definition) is 0. The quantitative estimate of drug-likeness (QED) is 0.252. The van der Waals surface area contributed by atoms with Gasteiger partial charge in [-0.1, -0.05) is 32.6 Å². The Hall–Kier alpha value is -1.41. The molecule has 9 heteroatoms. The van der Waals surface area contributed by atoms with Gasteiger partial charge < -0.3 is 9.47 Å². The molecule has 0 aliphatic heterocycles. The Balaban J connectivity index is 4.38. The van der Waals surface area contributed by atoms with Gasteiger partial charge in [-0.05, 0) is 20.3 Å². The van der Waals surface area contributed by atoms with Crippen LogP contribution in [0, 0.1) is 5.41 Å². The summed E-state index contributed by atoms with van der Waals surface area (Å²) in [4.78, 5) is 23.4. The average Bonchev–Trinajstić information content (AvgIpc) is 2.46. The van der Waals surface area contributed by atoms with Gasteiger partial charge in [0, 0.05) is 0 Å². The lowest BCUT2D eigenvalue weighted by Gasteiger charge is -2.24. The Labute approximate surface area is 137 Å². The number of hydrogen-bond acceptors (Lipinski definition) is 4. The number of carbonyl (C=O) groups excluding carboxylic acids is 2. The number of esters is 2. The number of ether oxygens (including phenoxy) is 2. The maximum absolute atomic E-state index is 12.7. The molecule has 4 nitrogen and oxygen atoms in total. The molecule has 0 N–H and O–H groups in total. The van der Waals surface area contributed by atoms with Crippen LogP contribution in [0.15, 0.2) is 0 Å². The third kappa shape index (κ3) is 7.00. The molecule has 0 heterocycles. The second-order valence-electron chi connectivity index (χ2n) is 5.95. The highest BCUT2D eigenvalue weighted by Gasteiger charge is 2.59. The molecule has 0 aromatic rings. The van der Waals surface area contributed by atoms with Crippen molar-refractivity contribution in [2.45, 2.75) is 65.0 Å². The Kier molecular flexibility index (Phi) is 8.63. The van der Waals surface area contributed by atoms with Gasteiger partial charge in [0.05, 0.1) is 6.61 Å². The minimum atomic E-state index is -5.84. The predicted molar refractivity (Wildman–Crippen MR) is 75.5 cm³/mol. The monoisotopic (exact) mass is 362 g/mol. The molecule has 0 fully saturated rings. The lowest BCUT2D eigenvalue weighted by atomic mass is 9.94. The average molecular weight is 362 g/mol. The highest BCUT2D eigenvalue weighted by Crippen LogP contribution is 2.36. The molecule has 0 rings (SSSR count). The van der Waals surface area contributed by atoms with Crippen molar-refractivity contribution in [1.29, 1.82) is 0 Å². The smallest absolute Gasteiger partial charge is 0.456 e. The van der Waals surface area contributed by atoms with E-state index in [4.69, 9.17) is 4.74 Å². The summed E-state index contributed by atoms with van der Waals surface area (Å²) in [5.41, 5.74) is -1.97. The van der Waals surface area contributed by atoms with Crippen molar-refractivity contribution < 1.29 is 41.0 Å². The number of carbonyl (C=O) groups is 2. The molecule has 0 atom stereocenters. The zero-order chi connectivity index (χ0) is 19.0. The van der Waals surface area contributed by atoms with Crippen LogP contribution in [0.4, 0.5) is 22.0 Å². The molecule has 0 saturated carbocycles. The Morgan fingerprint density at radius 2 is 1.33 bits per heavy atom.